The van der Waals surface area contributed by atoms with Gasteiger partial charge in [-0.1, -0.05) is 80.6 Å². The van der Waals surface area contributed by atoms with Crippen LogP contribution in [-0.4, -0.2) is 0 Å². The van der Waals surface area contributed by atoms with Crippen LogP contribution in [-0.2, 0) is 0 Å². The summed E-state index contributed by atoms with van der Waals surface area (Å²) in [6.07, 6.45) is 8.82. The van der Waals surface area contributed by atoms with E-state index in [9.17, 15) is 0 Å². The van der Waals surface area contributed by atoms with Crippen molar-refractivity contribution in [2.24, 2.45) is 17.8 Å². The van der Waals surface area contributed by atoms with Crippen molar-refractivity contribution >= 4 is 0 Å². The second kappa shape index (κ2) is 13.1. The molecule has 0 aromatic carbocycles. The van der Waals surface area contributed by atoms with Crippen LogP contribution in [0.4, 0.5) is 0 Å². The van der Waals surface area contributed by atoms with E-state index in [0.29, 0.717) is 0 Å². The third-order valence-corrected chi connectivity index (χ3v) is 3.69. The molecular weight excluding hydrogens is 192 g/mol. The predicted molar refractivity (Wildman–Crippen MR) is 77.9 cm³/mol. The molecule has 1 fully saturated rings. The van der Waals surface area contributed by atoms with E-state index in [2.05, 4.69) is 20.8 Å². The quantitative estimate of drug-likeness (QED) is 0.531. The van der Waals surface area contributed by atoms with Crippen LogP contribution in [0.2, 0.25) is 0 Å². The van der Waals surface area contributed by atoms with Crippen LogP contribution >= 0.6 is 0 Å². The van der Waals surface area contributed by atoms with Gasteiger partial charge in [-0.2, -0.15) is 0 Å². The van der Waals surface area contributed by atoms with Gasteiger partial charge in [0.2, 0.25) is 0 Å². The summed E-state index contributed by atoms with van der Waals surface area (Å²) in [7, 11) is 0. The summed E-state index contributed by atoms with van der Waals surface area (Å²) in [6, 6.07) is 0. The van der Waals surface area contributed by atoms with Gasteiger partial charge in [0.25, 0.3) is 0 Å². The topological polar surface area (TPSA) is 0 Å². The molecule has 1 rings (SSSR count). The maximum absolute atomic E-state index is 2.45. The fourth-order valence-corrected chi connectivity index (χ4v) is 2.43. The molecule has 1 aliphatic carbocycles. The van der Waals surface area contributed by atoms with Crippen LogP contribution in [0, 0.1) is 17.8 Å². The van der Waals surface area contributed by atoms with E-state index in [1.165, 1.54) is 38.5 Å². The Kier molecular flexibility index (Phi) is 15.0. The van der Waals surface area contributed by atoms with Crippen LogP contribution in [0.25, 0.3) is 0 Å². The lowest BCUT2D eigenvalue weighted by Gasteiger charge is -2.30. The SMILES string of the molecule is CC.CC.CCC(C)CC1CCCCC1C. The highest BCUT2D eigenvalue weighted by atomic mass is 14.3. The van der Waals surface area contributed by atoms with Crippen molar-refractivity contribution in [3.05, 3.63) is 0 Å². The molecule has 0 saturated heterocycles. The van der Waals surface area contributed by atoms with Gasteiger partial charge in [-0.15, -0.1) is 0 Å². The van der Waals surface area contributed by atoms with Crippen LogP contribution in [0.5, 0.6) is 0 Å². The van der Waals surface area contributed by atoms with E-state index in [0.717, 1.165) is 17.8 Å². The zero-order chi connectivity index (χ0) is 13.0. The van der Waals surface area contributed by atoms with E-state index in [1.807, 2.05) is 27.7 Å². The highest BCUT2D eigenvalue weighted by molar-refractivity contribution is 4.73. The Morgan fingerprint density at radius 2 is 1.50 bits per heavy atom. The number of rotatable bonds is 3. The van der Waals surface area contributed by atoms with Gasteiger partial charge in [0.05, 0.1) is 0 Å². The van der Waals surface area contributed by atoms with Gasteiger partial charge in [0, 0.05) is 0 Å². The molecule has 0 heteroatoms. The lowest BCUT2D eigenvalue weighted by atomic mass is 9.76. The molecule has 1 aliphatic rings. The highest BCUT2D eigenvalue weighted by Gasteiger charge is 2.22. The molecule has 3 atom stereocenters. The van der Waals surface area contributed by atoms with Gasteiger partial charge < -0.3 is 0 Å². The summed E-state index contributed by atoms with van der Waals surface area (Å²) in [4.78, 5) is 0. The van der Waals surface area contributed by atoms with Gasteiger partial charge in [-0.25, -0.2) is 0 Å². The standard InChI is InChI=1S/C12H24.2C2H6/c1-4-10(2)9-12-8-6-5-7-11(12)3;2*1-2/h10-12H,4-9H2,1-3H3;2*1-2H3. The summed E-state index contributed by atoms with van der Waals surface area (Å²) >= 11 is 0. The van der Waals surface area contributed by atoms with Crippen molar-refractivity contribution in [2.75, 3.05) is 0 Å². The molecule has 0 aromatic heterocycles. The van der Waals surface area contributed by atoms with Crippen LogP contribution in [0.15, 0.2) is 0 Å². The average molecular weight is 228 g/mol. The van der Waals surface area contributed by atoms with E-state index in [1.54, 1.807) is 0 Å². The van der Waals surface area contributed by atoms with Crippen molar-refractivity contribution < 1.29 is 0 Å². The molecule has 0 amide bonds. The van der Waals surface area contributed by atoms with Gasteiger partial charge in [0.15, 0.2) is 0 Å². The molecule has 16 heavy (non-hydrogen) atoms. The molecule has 0 nitrogen and oxygen atoms in total. The van der Waals surface area contributed by atoms with Gasteiger partial charge in [0.1, 0.15) is 0 Å². The summed E-state index contributed by atoms with van der Waals surface area (Å²) < 4.78 is 0. The number of hydrogen-bond donors (Lipinski definition) is 0. The van der Waals surface area contributed by atoms with Crippen molar-refractivity contribution in [2.45, 2.75) is 87.0 Å². The first kappa shape index (κ1) is 18.4. The lowest BCUT2D eigenvalue weighted by Crippen LogP contribution is -2.18. The molecule has 1 saturated carbocycles. The summed E-state index contributed by atoms with van der Waals surface area (Å²) in [6.45, 7) is 15.2. The zero-order valence-electron chi connectivity index (χ0n) is 13.0. The second-order valence-electron chi connectivity index (χ2n) is 4.77. The fourth-order valence-electron chi connectivity index (χ4n) is 2.43. The van der Waals surface area contributed by atoms with Crippen molar-refractivity contribution in [3.63, 3.8) is 0 Å². The molecule has 100 valence electrons. The Hall–Kier alpha value is 0. The largest absolute Gasteiger partial charge is 0.0683 e. The van der Waals surface area contributed by atoms with E-state index >= 15 is 0 Å². The molecule has 0 aliphatic heterocycles. The molecule has 0 aromatic rings. The number of hydrogen-bond acceptors (Lipinski definition) is 0. The Morgan fingerprint density at radius 1 is 1.00 bits per heavy atom. The Morgan fingerprint density at radius 3 is 1.94 bits per heavy atom. The Balaban J connectivity index is 0. The van der Waals surface area contributed by atoms with Gasteiger partial charge >= 0.3 is 0 Å². The van der Waals surface area contributed by atoms with Crippen LogP contribution in [0.1, 0.15) is 87.0 Å². The first-order chi connectivity index (χ1) is 7.74. The first-order valence-electron chi connectivity index (χ1n) is 7.74. The van der Waals surface area contributed by atoms with Crippen molar-refractivity contribution in [3.8, 4) is 0 Å². The van der Waals surface area contributed by atoms with E-state index < -0.39 is 0 Å². The maximum Gasteiger partial charge on any atom is -0.0386 e. The molecule has 3 unspecified atom stereocenters. The van der Waals surface area contributed by atoms with Crippen LogP contribution < -0.4 is 0 Å². The monoisotopic (exact) mass is 228 g/mol. The molecule has 0 radical (unpaired) electrons. The summed E-state index contributed by atoms with van der Waals surface area (Å²) in [5.74, 6) is 3.01. The smallest absolute Gasteiger partial charge is 0.0386 e. The molecule has 0 bridgehead atoms. The predicted octanol–water partition coefficient (Wildman–Crippen LogP) is 6.30. The van der Waals surface area contributed by atoms with E-state index in [4.69, 9.17) is 0 Å². The van der Waals surface area contributed by atoms with Crippen molar-refractivity contribution in [1.29, 1.82) is 0 Å². The molecule has 0 spiro atoms. The minimum atomic E-state index is 0.954. The van der Waals surface area contributed by atoms with Crippen LogP contribution in [0.3, 0.4) is 0 Å². The molecule has 0 N–H and O–H groups in total. The van der Waals surface area contributed by atoms with E-state index in [-0.39, 0.29) is 0 Å². The van der Waals surface area contributed by atoms with Gasteiger partial charge in [-0.3, -0.25) is 0 Å². The summed E-state index contributed by atoms with van der Waals surface area (Å²) in [5, 5.41) is 0. The third-order valence-electron chi connectivity index (χ3n) is 3.69. The highest BCUT2D eigenvalue weighted by Crippen LogP contribution is 2.34. The summed E-state index contributed by atoms with van der Waals surface area (Å²) in [5.41, 5.74) is 0. The minimum Gasteiger partial charge on any atom is -0.0683 e. The normalized spacial score (nSPS) is 25.7. The Labute approximate surface area is 105 Å². The molecular formula is C16H36. The zero-order valence-corrected chi connectivity index (χ0v) is 13.0. The maximum atomic E-state index is 2.45. The first-order valence-corrected chi connectivity index (χ1v) is 7.74. The lowest BCUT2D eigenvalue weighted by molar-refractivity contribution is 0.214. The average Bonchev–Trinajstić information content (AvgIpc) is 2.37. The molecule has 0 heterocycles. The van der Waals surface area contributed by atoms with Crippen molar-refractivity contribution in [1.82, 2.24) is 0 Å². The van der Waals surface area contributed by atoms with Gasteiger partial charge in [-0.05, 0) is 24.2 Å². The second-order valence-corrected chi connectivity index (χ2v) is 4.77. The Bertz CT molecular complexity index is 117. The third kappa shape index (κ3) is 8.19. The fraction of sp³-hybridized carbons (Fsp3) is 1.00. The minimum absolute atomic E-state index is 0.954.